The van der Waals surface area contributed by atoms with E-state index < -0.39 is 6.04 Å². The summed E-state index contributed by atoms with van der Waals surface area (Å²) in [6, 6.07) is 1.67. The molecular formula is C11H16N4O. The third-order valence-electron chi connectivity index (χ3n) is 2.14. The van der Waals surface area contributed by atoms with E-state index in [0.717, 1.165) is 12.0 Å². The minimum absolute atomic E-state index is 0.162. The van der Waals surface area contributed by atoms with Gasteiger partial charge in [0.15, 0.2) is 0 Å². The highest BCUT2D eigenvalue weighted by Crippen LogP contribution is 1.97. The molecule has 0 aliphatic carbocycles. The maximum Gasteiger partial charge on any atom is 0.242 e. The van der Waals surface area contributed by atoms with Gasteiger partial charge in [0.05, 0.1) is 12.3 Å². The van der Waals surface area contributed by atoms with Gasteiger partial charge in [0.1, 0.15) is 12.6 Å². The molecule has 0 spiro atoms. The summed E-state index contributed by atoms with van der Waals surface area (Å²) in [6.07, 6.45) is 5.04. The molecule has 16 heavy (non-hydrogen) atoms. The van der Waals surface area contributed by atoms with Crippen LogP contribution in [-0.2, 0) is 11.3 Å². The quantitative estimate of drug-likeness (QED) is 0.804. The summed E-state index contributed by atoms with van der Waals surface area (Å²) in [7, 11) is 0. The van der Waals surface area contributed by atoms with Gasteiger partial charge in [-0.1, -0.05) is 13.3 Å². The molecule has 5 heteroatoms. The lowest BCUT2D eigenvalue weighted by molar-refractivity contribution is -0.122. The predicted molar refractivity (Wildman–Crippen MR) is 59.4 cm³/mol. The van der Waals surface area contributed by atoms with Crippen LogP contribution in [0.4, 0.5) is 0 Å². The summed E-state index contributed by atoms with van der Waals surface area (Å²) in [5, 5.41) is 15.5. The molecule has 1 rings (SSSR count). The smallest absolute Gasteiger partial charge is 0.242 e. The molecule has 0 aliphatic rings. The molecule has 0 saturated carbocycles. The number of amides is 1. The third kappa shape index (κ3) is 3.73. The van der Waals surface area contributed by atoms with Crippen molar-refractivity contribution in [2.45, 2.75) is 39.3 Å². The van der Waals surface area contributed by atoms with Gasteiger partial charge in [0, 0.05) is 6.20 Å². The molecule has 5 nitrogen and oxygen atoms in total. The zero-order valence-corrected chi connectivity index (χ0v) is 9.60. The van der Waals surface area contributed by atoms with Crippen LogP contribution in [0.2, 0.25) is 0 Å². The molecule has 1 amide bonds. The molecule has 0 fully saturated rings. The number of nitrogens with zero attached hydrogens (tertiary/aromatic N) is 3. The number of rotatable bonds is 5. The number of aryl methyl sites for hydroxylation is 1. The minimum Gasteiger partial charge on any atom is -0.339 e. The summed E-state index contributed by atoms with van der Waals surface area (Å²) >= 11 is 0. The summed E-state index contributed by atoms with van der Waals surface area (Å²) < 4.78 is 1.56. The molecule has 1 aromatic heterocycles. The van der Waals surface area contributed by atoms with Gasteiger partial charge in [-0.25, -0.2) is 0 Å². The zero-order chi connectivity index (χ0) is 12.0. The van der Waals surface area contributed by atoms with Crippen LogP contribution in [0.1, 0.15) is 25.3 Å². The fourth-order valence-corrected chi connectivity index (χ4v) is 1.40. The lowest BCUT2D eigenvalue weighted by Crippen LogP contribution is -2.36. The fourth-order valence-electron chi connectivity index (χ4n) is 1.40. The van der Waals surface area contributed by atoms with Crippen LogP contribution in [0.15, 0.2) is 12.4 Å². The molecule has 1 aromatic rings. The van der Waals surface area contributed by atoms with Gasteiger partial charge in [0.25, 0.3) is 0 Å². The topological polar surface area (TPSA) is 70.7 Å². The van der Waals surface area contributed by atoms with E-state index in [1.807, 2.05) is 13.8 Å². The van der Waals surface area contributed by atoms with Gasteiger partial charge >= 0.3 is 0 Å². The normalized spacial score (nSPS) is 11.8. The monoisotopic (exact) mass is 220 g/mol. The van der Waals surface area contributed by atoms with E-state index in [4.69, 9.17) is 5.26 Å². The van der Waals surface area contributed by atoms with Gasteiger partial charge < -0.3 is 5.32 Å². The summed E-state index contributed by atoms with van der Waals surface area (Å²) in [5.74, 6) is -0.178. The van der Waals surface area contributed by atoms with Crippen molar-refractivity contribution in [1.82, 2.24) is 15.1 Å². The Morgan fingerprint density at radius 3 is 3.00 bits per heavy atom. The SMILES string of the molecule is CCCC(C#N)NC(=O)Cn1cc(C)cn1. The van der Waals surface area contributed by atoms with E-state index >= 15 is 0 Å². The van der Waals surface area contributed by atoms with Crippen molar-refractivity contribution in [2.24, 2.45) is 0 Å². The van der Waals surface area contributed by atoms with Crippen molar-refractivity contribution >= 4 is 5.91 Å². The molecule has 1 heterocycles. The second-order valence-corrected chi connectivity index (χ2v) is 3.75. The van der Waals surface area contributed by atoms with E-state index in [9.17, 15) is 4.79 Å². The van der Waals surface area contributed by atoms with E-state index in [-0.39, 0.29) is 12.5 Å². The third-order valence-corrected chi connectivity index (χ3v) is 2.14. The van der Waals surface area contributed by atoms with Crippen molar-refractivity contribution in [3.05, 3.63) is 18.0 Å². The van der Waals surface area contributed by atoms with Gasteiger partial charge in [-0.2, -0.15) is 10.4 Å². The number of hydrogen-bond acceptors (Lipinski definition) is 3. The van der Waals surface area contributed by atoms with Crippen molar-refractivity contribution in [3.8, 4) is 6.07 Å². The van der Waals surface area contributed by atoms with Crippen LogP contribution < -0.4 is 5.32 Å². The van der Waals surface area contributed by atoms with Crippen molar-refractivity contribution in [2.75, 3.05) is 0 Å². The molecule has 1 atom stereocenters. The van der Waals surface area contributed by atoms with E-state index in [0.29, 0.717) is 6.42 Å². The summed E-state index contributed by atoms with van der Waals surface area (Å²) in [6.45, 7) is 4.06. The Labute approximate surface area is 95.1 Å². The van der Waals surface area contributed by atoms with Crippen LogP contribution in [0, 0.1) is 18.3 Å². The molecular weight excluding hydrogens is 204 g/mol. The van der Waals surface area contributed by atoms with Crippen LogP contribution in [0.5, 0.6) is 0 Å². The second-order valence-electron chi connectivity index (χ2n) is 3.75. The molecule has 86 valence electrons. The minimum atomic E-state index is -0.394. The maximum absolute atomic E-state index is 11.5. The first kappa shape index (κ1) is 12.2. The number of hydrogen-bond donors (Lipinski definition) is 1. The average Bonchev–Trinajstić information content (AvgIpc) is 2.63. The van der Waals surface area contributed by atoms with Gasteiger partial charge in [0.2, 0.25) is 5.91 Å². The van der Waals surface area contributed by atoms with Gasteiger partial charge in [-0.3, -0.25) is 9.48 Å². The Kier molecular flexibility index (Phi) is 4.52. The highest BCUT2D eigenvalue weighted by Gasteiger charge is 2.10. The fraction of sp³-hybridized carbons (Fsp3) is 0.545. The Morgan fingerprint density at radius 1 is 1.75 bits per heavy atom. The van der Waals surface area contributed by atoms with Gasteiger partial charge in [-0.05, 0) is 18.9 Å². The Balaban J connectivity index is 2.44. The molecule has 0 radical (unpaired) electrons. The van der Waals surface area contributed by atoms with Crippen molar-refractivity contribution in [3.63, 3.8) is 0 Å². The second kappa shape index (κ2) is 5.91. The van der Waals surface area contributed by atoms with Gasteiger partial charge in [-0.15, -0.1) is 0 Å². The van der Waals surface area contributed by atoms with Crippen LogP contribution in [0.25, 0.3) is 0 Å². The average molecular weight is 220 g/mol. The zero-order valence-electron chi connectivity index (χ0n) is 9.60. The lowest BCUT2D eigenvalue weighted by Gasteiger charge is -2.10. The first-order chi connectivity index (χ1) is 7.65. The first-order valence-electron chi connectivity index (χ1n) is 5.33. The molecule has 0 aliphatic heterocycles. The number of nitriles is 1. The number of aromatic nitrogens is 2. The highest BCUT2D eigenvalue weighted by molar-refractivity contribution is 5.76. The van der Waals surface area contributed by atoms with Crippen molar-refractivity contribution in [1.29, 1.82) is 5.26 Å². The Morgan fingerprint density at radius 2 is 2.50 bits per heavy atom. The van der Waals surface area contributed by atoms with Crippen LogP contribution in [0.3, 0.4) is 0 Å². The maximum atomic E-state index is 11.5. The van der Waals surface area contributed by atoms with Crippen molar-refractivity contribution < 1.29 is 4.79 Å². The van der Waals surface area contributed by atoms with E-state index in [1.54, 1.807) is 17.1 Å². The summed E-state index contributed by atoms with van der Waals surface area (Å²) in [4.78, 5) is 11.5. The Hall–Kier alpha value is -1.83. The standard InChI is InChI=1S/C11H16N4O/c1-3-4-10(5-12)14-11(16)8-15-7-9(2)6-13-15/h6-7,10H,3-4,8H2,1-2H3,(H,14,16). The van der Waals surface area contributed by atoms with E-state index in [1.165, 1.54) is 0 Å². The van der Waals surface area contributed by atoms with E-state index in [2.05, 4.69) is 16.5 Å². The number of nitrogens with one attached hydrogen (secondary N) is 1. The summed E-state index contributed by atoms with van der Waals surface area (Å²) in [5.41, 5.74) is 1.01. The predicted octanol–water partition coefficient (Wildman–Crippen LogP) is 1.00. The molecule has 0 bridgehead atoms. The Bertz CT molecular complexity index is 391. The molecule has 0 saturated heterocycles. The lowest BCUT2D eigenvalue weighted by atomic mass is 10.2. The molecule has 1 unspecified atom stereocenters. The highest BCUT2D eigenvalue weighted by atomic mass is 16.2. The molecule has 0 aromatic carbocycles. The largest absolute Gasteiger partial charge is 0.339 e. The van der Waals surface area contributed by atoms with Crippen LogP contribution >= 0.6 is 0 Å². The first-order valence-corrected chi connectivity index (χ1v) is 5.33. The molecule has 1 N–H and O–H groups in total. The number of carbonyl (C=O) groups is 1. The van der Waals surface area contributed by atoms with Crippen LogP contribution in [-0.4, -0.2) is 21.7 Å². The number of carbonyl (C=O) groups excluding carboxylic acids is 1.